The fourth-order valence-corrected chi connectivity index (χ4v) is 5.39. The predicted molar refractivity (Wildman–Crippen MR) is 136 cm³/mol. The Kier molecular flexibility index (Phi) is 6.52. The van der Waals surface area contributed by atoms with E-state index in [1.807, 2.05) is 11.9 Å². The molecule has 5 heterocycles. The number of fused-ring (bicyclic) bond motifs is 1. The predicted octanol–water partition coefficient (Wildman–Crippen LogP) is 1.78. The van der Waals surface area contributed by atoms with E-state index in [4.69, 9.17) is 9.47 Å². The highest BCUT2D eigenvalue weighted by molar-refractivity contribution is 5.99. The lowest BCUT2D eigenvalue weighted by Crippen LogP contribution is -2.42. The van der Waals surface area contributed by atoms with Crippen molar-refractivity contribution in [2.45, 2.75) is 25.4 Å². The molecule has 12 heteroatoms. The fraction of sp³-hybridized carbons (Fsp3) is 0.538. The molecule has 2 aliphatic heterocycles. The lowest BCUT2D eigenvalue weighted by molar-refractivity contribution is -0.133. The summed E-state index contributed by atoms with van der Waals surface area (Å²) in [6.45, 7) is 4.17. The van der Waals surface area contributed by atoms with Crippen LogP contribution in [0, 0.1) is 17.7 Å². The second kappa shape index (κ2) is 9.99. The molecule has 1 N–H and O–H groups in total. The highest BCUT2D eigenvalue weighted by Crippen LogP contribution is 2.41. The lowest BCUT2D eigenvalue weighted by atomic mass is 10.1. The zero-order valence-corrected chi connectivity index (χ0v) is 21.6. The van der Waals surface area contributed by atoms with E-state index in [9.17, 15) is 9.59 Å². The number of ether oxygens (including phenoxy) is 2. The van der Waals surface area contributed by atoms with Crippen molar-refractivity contribution in [3.63, 3.8) is 0 Å². The number of likely N-dealkylation sites (tertiary alicyclic amines) is 1. The summed E-state index contributed by atoms with van der Waals surface area (Å²) in [6.07, 6.45) is 5.36. The van der Waals surface area contributed by atoms with E-state index >= 15 is 4.39 Å². The van der Waals surface area contributed by atoms with Gasteiger partial charge in [-0.15, -0.1) is 5.10 Å². The first-order chi connectivity index (χ1) is 18.4. The minimum atomic E-state index is -0.501. The fourth-order valence-electron chi connectivity index (χ4n) is 5.39. The Labute approximate surface area is 219 Å². The molecule has 38 heavy (non-hydrogen) atoms. The van der Waals surface area contributed by atoms with Crippen LogP contribution in [0.5, 0.6) is 5.75 Å². The summed E-state index contributed by atoms with van der Waals surface area (Å²) in [6, 6.07) is 3.34. The maximum absolute atomic E-state index is 15.3. The smallest absolute Gasteiger partial charge is 0.229 e. The molecule has 3 atom stereocenters. The number of aryl methyl sites for hydroxylation is 1. The molecule has 3 fully saturated rings. The van der Waals surface area contributed by atoms with Crippen molar-refractivity contribution in [1.29, 1.82) is 0 Å². The molecule has 202 valence electrons. The van der Waals surface area contributed by atoms with Crippen molar-refractivity contribution in [1.82, 2.24) is 29.2 Å². The summed E-state index contributed by atoms with van der Waals surface area (Å²) in [5, 5.41) is 11.4. The standard InChI is InChI=1S/C26H32FN7O4/c1-31-7-8-37-17(13-31)15-38-22-12-28-32(2)24(22)20-9-16-10-23(30-34(16)14-21(20)27)29-25(35)18-11-19(18)26(36)33-5-3-4-6-33/h9-10,12,14,17-19H,3-8,11,13,15H2,1-2H3,(H,29,30,35)/t17-,18-,19+/m1/s1. The van der Waals surface area contributed by atoms with Gasteiger partial charge in [0.1, 0.15) is 18.4 Å². The largest absolute Gasteiger partial charge is 0.487 e. The SMILES string of the molecule is CN1CCO[C@@H](COc2cnn(C)c2-c2cc3cc(NC(=O)[C@@H]4C[C@@H]4C(=O)N4CCCC4)nn3cc2F)C1. The van der Waals surface area contributed by atoms with Crippen LogP contribution in [0.25, 0.3) is 16.8 Å². The average molecular weight is 526 g/mol. The molecule has 0 radical (unpaired) electrons. The minimum Gasteiger partial charge on any atom is -0.487 e. The van der Waals surface area contributed by atoms with Gasteiger partial charge in [-0.1, -0.05) is 0 Å². The maximum Gasteiger partial charge on any atom is 0.229 e. The monoisotopic (exact) mass is 525 g/mol. The van der Waals surface area contributed by atoms with E-state index in [1.54, 1.807) is 30.1 Å². The molecule has 0 bridgehead atoms. The van der Waals surface area contributed by atoms with E-state index in [1.165, 1.54) is 10.7 Å². The van der Waals surface area contributed by atoms with Gasteiger partial charge in [-0.05, 0) is 32.4 Å². The third-order valence-electron chi connectivity index (χ3n) is 7.59. The first kappa shape index (κ1) is 24.8. The molecule has 2 saturated heterocycles. The minimum absolute atomic E-state index is 0.0700. The third kappa shape index (κ3) is 4.85. The third-order valence-corrected chi connectivity index (χ3v) is 7.59. The summed E-state index contributed by atoms with van der Waals surface area (Å²) in [4.78, 5) is 29.4. The number of rotatable bonds is 7. The molecule has 1 saturated carbocycles. The summed E-state index contributed by atoms with van der Waals surface area (Å²) < 4.78 is 30.0. The molecular formula is C26H32FN7O4. The first-order valence-electron chi connectivity index (χ1n) is 13.1. The number of hydrogen-bond donors (Lipinski definition) is 1. The van der Waals surface area contributed by atoms with Gasteiger partial charge in [-0.2, -0.15) is 5.10 Å². The van der Waals surface area contributed by atoms with Crippen LogP contribution in [0.1, 0.15) is 19.3 Å². The number of nitrogens with one attached hydrogen (secondary N) is 1. The van der Waals surface area contributed by atoms with E-state index in [2.05, 4.69) is 20.4 Å². The lowest BCUT2D eigenvalue weighted by Gasteiger charge is -2.29. The van der Waals surface area contributed by atoms with Crippen LogP contribution in [-0.4, -0.2) is 93.6 Å². The Bertz CT molecular complexity index is 1370. The van der Waals surface area contributed by atoms with Crippen LogP contribution in [0.3, 0.4) is 0 Å². The number of nitrogens with zero attached hydrogens (tertiary/aromatic N) is 6. The number of halogens is 1. The van der Waals surface area contributed by atoms with Crippen molar-refractivity contribution in [3.8, 4) is 17.0 Å². The van der Waals surface area contributed by atoms with E-state index in [0.717, 1.165) is 39.0 Å². The van der Waals surface area contributed by atoms with Crippen molar-refractivity contribution in [2.75, 3.05) is 51.8 Å². The molecule has 11 nitrogen and oxygen atoms in total. The molecule has 0 aromatic carbocycles. The number of aromatic nitrogens is 4. The average Bonchev–Trinajstić information content (AvgIpc) is 3.16. The number of morpholine rings is 1. The number of likely N-dealkylation sites (N-methyl/N-ethyl adjacent to an activating group) is 1. The Morgan fingerprint density at radius 1 is 1.18 bits per heavy atom. The van der Waals surface area contributed by atoms with Crippen LogP contribution >= 0.6 is 0 Å². The summed E-state index contributed by atoms with van der Waals surface area (Å²) in [7, 11) is 3.77. The van der Waals surface area contributed by atoms with Crippen LogP contribution in [-0.2, 0) is 21.4 Å². The number of carbonyl (C=O) groups excluding carboxylic acids is 2. The van der Waals surface area contributed by atoms with Crippen molar-refractivity contribution in [2.24, 2.45) is 18.9 Å². The maximum atomic E-state index is 15.3. The van der Waals surface area contributed by atoms with Crippen LogP contribution in [0.2, 0.25) is 0 Å². The van der Waals surface area contributed by atoms with Crippen LogP contribution in [0.15, 0.2) is 24.5 Å². The Hall–Kier alpha value is -3.51. The van der Waals surface area contributed by atoms with Gasteiger partial charge >= 0.3 is 0 Å². The van der Waals surface area contributed by atoms with E-state index in [-0.39, 0.29) is 29.8 Å². The van der Waals surface area contributed by atoms with Crippen molar-refractivity contribution < 1.29 is 23.5 Å². The molecule has 0 spiro atoms. The zero-order chi connectivity index (χ0) is 26.4. The Morgan fingerprint density at radius 3 is 2.79 bits per heavy atom. The van der Waals surface area contributed by atoms with Gasteiger partial charge in [-0.3, -0.25) is 14.3 Å². The number of anilines is 1. The molecule has 6 rings (SSSR count). The molecule has 1 aliphatic carbocycles. The topological polar surface area (TPSA) is 106 Å². The zero-order valence-electron chi connectivity index (χ0n) is 21.6. The molecule has 3 aromatic heterocycles. The van der Waals surface area contributed by atoms with Gasteiger partial charge < -0.3 is 24.6 Å². The normalized spacial score (nSPS) is 23.7. The number of pyridine rings is 1. The van der Waals surface area contributed by atoms with Crippen molar-refractivity contribution in [3.05, 3.63) is 30.3 Å². The summed E-state index contributed by atoms with van der Waals surface area (Å²) >= 11 is 0. The highest BCUT2D eigenvalue weighted by Gasteiger charge is 2.49. The van der Waals surface area contributed by atoms with Crippen LogP contribution < -0.4 is 10.1 Å². The van der Waals surface area contributed by atoms with E-state index in [0.29, 0.717) is 48.0 Å². The molecule has 3 aliphatic rings. The molecular weight excluding hydrogens is 493 g/mol. The van der Waals surface area contributed by atoms with Gasteiger partial charge in [0.15, 0.2) is 17.4 Å². The Morgan fingerprint density at radius 2 is 2.00 bits per heavy atom. The van der Waals surface area contributed by atoms with Gasteiger partial charge in [0.05, 0.1) is 36.4 Å². The van der Waals surface area contributed by atoms with Gasteiger partial charge in [0.25, 0.3) is 0 Å². The second-order valence-corrected chi connectivity index (χ2v) is 10.5. The van der Waals surface area contributed by atoms with Crippen LogP contribution in [0.4, 0.5) is 10.2 Å². The van der Waals surface area contributed by atoms with Gasteiger partial charge in [0, 0.05) is 44.9 Å². The molecule has 0 unspecified atom stereocenters. The quantitative estimate of drug-likeness (QED) is 0.501. The first-order valence-corrected chi connectivity index (χ1v) is 13.1. The van der Waals surface area contributed by atoms with Crippen molar-refractivity contribution >= 4 is 23.1 Å². The van der Waals surface area contributed by atoms with Gasteiger partial charge in [0.2, 0.25) is 11.8 Å². The Balaban J connectivity index is 1.16. The number of amides is 2. The number of carbonyl (C=O) groups is 2. The number of hydrogen-bond acceptors (Lipinski definition) is 7. The summed E-state index contributed by atoms with van der Waals surface area (Å²) in [5.41, 5.74) is 1.41. The second-order valence-electron chi connectivity index (χ2n) is 10.5. The van der Waals surface area contributed by atoms with Gasteiger partial charge in [-0.25, -0.2) is 8.91 Å². The highest BCUT2D eigenvalue weighted by atomic mass is 19.1. The van der Waals surface area contributed by atoms with E-state index < -0.39 is 5.82 Å². The summed E-state index contributed by atoms with van der Waals surface area (Å²) in [5.74, 6) is -0.489. The molecule has 2 amide bonds. The molecule has 3 aromatic rings.